The zero-order valence-electron chi connectivity index (χ0n) is 11.9. The Kier molecular flexibility index (Phi) is 4.67. The van der Waals surface area contributed by atoms with Crippen LogP contribution in [-0.4, -0.2) is 27.4 Å². The van der Waals surface area contributed by atoms with Gasteiger partial charge in [-0.2, -0.15) is 0 Å². The number of carbonyl (C=O) groups is 2. The van der Waals surface area contributed by atoms with Gasteiger partial charge in [0.25, 0.3) is 11.5 Å². The summed E-state index contributed by atoms with van der Waals surface area (Å²) < 4.78 is 1.40. The highest BCUT2D eigenvalue weighted by atomic mass is 16.2. The summed E-state index contributed by atoms with van der Waals surface area (Å²) in [4.78, 5) is 38.5. The maximum absolute atomic E-state index is 12.0. The molecule has 1 aromatic heterocycles. The minimum Gasteiger partial charge on any atom is -0.368 e. The zero-order chi connectivity index (χ0) is 16.1. The summed E-state index contributed by atoms with van der Waals surface area (Å²) in [5.74, 6) is -1.05. The monoisotopic (exact) mass is 299 g/mol. The molecule has 2 aromatic rings. The van der Waals surface area contributed by atoms with Crippen LogP contribution in [0.2, 0.25) is 0 Å². The van der Waals surface area contributed by atoms with Crippen molar-refractivity contribution < 1.29 is 9.59 Å². The number of amides is 2. The first-order valence-corrected chi connectivity index (χ1v) is 6.55. The predicted molar refractivity (Wildman–Crippen MR) is 80.3 cm³/mol. The first-order chi connectivity index (χ1) is 10.5. The quantitative estimate of drug-likeness (QED) is 0.812. The smallest absolute Gasteiger partial charge is 0.273 e. The minimum atomic E-state index is -0.824. The average molecular weight is 299 g/mol. The van der Waals surface area contributed by atoms with Gasteiger partial charge in [0.2, 0.25) is 5.91 Å². The van der Waals surface area contributed by atoms with E-state index in [0.29, 0.717) is 11.3 Å². The van der Waals surface area contributed by atoms with Crippen molar-refractivity contribution in [3.8, 4) is 5.69 Å². The lowest BCUT2D eigenvalue weighted by atomic mass is 10.1. The summed E-state index contributed by atoms with van der Waals surface area (Å²) in [5, 5.41) is 2.51. The van der Waals surface area contributed by atoms with E-state index in [0.717, 1.165) is 0 Å². The molecular formula is C15H15N4O3. The van der Waals surface area contributed by atoms with Gasteiger partial charge in [-0.1, -0.05) is 6.92 Å². The Morgan fingerprint density at radius 2 is 2.00 bits per heavy atom. The van der Waals surface area contributed by atoms with E-state index in [1.807, 2.05) is 0 Å². The third kappa shape index (κ3) is 3.38. The number of nitrogens with zero attached hydrogens (tertiary/aromatic N) is 2. The number of carbonyl (C=O) groups excluding carboxylic acids is 2. The first kappa shape index (κ1) is 15.4. The van der Waals surface area contributed by atoms with Crippen LogP contribution in [0.15, 0.2) is 47.7 Å². The van der Waals surface area contributed by atoms with E-state index in [1.165, 1.54) is 29.6 Å². The Hall–Kier alpha value is -2.96. The molecule has 7 heteroatoms. The number of aromatic nitrogens is 2. The molecule has 0 bridgehead atoms. The molecule has 0 saturated heterocycles. The Balaban J connectivity index is 2.19. The van der Waals surface area contributed by atoms with E-state index < -0.39 is 17.9 Å². The van der Waals surface area contributed by atoms with E-state index in [9.17, 15) is 14.4 Å². The van der Waals surface area contributed by atoms with E-state index in [1.54, 1.807) is 31.2 Å². The van der Waals surface area contributed by atoms with Crippen LogP contribution >= 0.6 is 0 Å². The largest absolute Gasteiger partial charge is 0.368 e. The summed E-state index contributed by atoms with van der Waals surface area (Å²) >= 11 is 0. The molecule has 3 N–H and O–H groups in total. The van der Waals surface area contributed by atoms with E-state index >= 15 is 0 Å². The molecule has 1 aromatic carbocycles. The number of benzene rings is 1. The SMILES string of the molecule is C[CH]C(NC(=O)c1ccc(-n2ccncc2=O)cc1)C(N)=O. The van der Waals surface area contributed by atoms with Crippen molar-refractivity contribution in [1.82, 2.24) is 14.9 Å². The third-order valence-corrected chi connectivity index (χ3v) is 3.06. The second-order valence-electron chi connectivity index (χ2n) is 4.52. The van der Waals surface area contributed by atoms with Gasteiger partial charge < -0.3 is 11.1 Å². The van der Waals surface area contributed by atoms with Crippen LogP contribution in [-0.2, 0) is 4.79 Å². The highest BCUT2D eigenvalue weighted by Crippen LogP contribution is 2.08. The predicted octanol–water partition coefficient (Wildman–Crippen LogP) is 0.0404. The summed E-state index contributed by atoms with van der Waals surface area (Å²) in [5.41, 5.74) is 5.86. The molecule has 7 nitrogen and oxygen atoms in total. The topological polar surface area (TPSA) is 107 Å². The average Bonchev–Trinajstić information content (AvgIpc) is 2.52. The van der Waals surface area contributed by atoms with Gasteiger partial charge in [0.15, 0.2) is 0 Å². The van der Waals surface area contributed by atoms with Gasteiger partial charge >= 0.3 is 0 Å². The molecule has 0 saturated carbocycles. The van der Waals surface area contributed by atoms with Crippen LogP contribution in [0, 0.1) is 6.42 Å². The minimum absolute atomic E-state index is 0.269. The number of nitrogens with one attached hydrogen (secondary N) is 1. The van der Waals surface area contributed by atoms with Gasteiger partial charge in [-0.25, -0.2) is 0 Å². The zero-order valence-corrected chi connectivity index (χ0v) is 11.9. The molecule has 0 spiro atoms. The normalized spacial score (nSPS) is 11.7. The van der Waals surface area contributed by atoms with Crippen LogP contribution in [0.5, 0.6) is 0 Å². The summed E-state index contributed by atoms with van der Waals surface area (Å²) in [6.07, 6.45) is 5.74. The maximum atomic E-state index is 12.0. The van der Waals surface area contributed by atoms with Crippen molar-refractivity contribution in [2.45, 2.75) is 13.0 Å². The van der Waals surface area contributed by atoms with E-state index in [2.05, 4.69) is 10.3 Å². The first-order valence-electron chi connectivity index (χ1n) is 6.55. The molecule has 0 aliphatic heterocycles. The van der Waals surface area contributed by atoms with Gasteiger partial charge in [0, 0.05) is 23.6 Å². The number of hydrogen-bond acceptors (Lipinski definition) is 4. The molecule has 113 valence electrons. The summed E-state index contributed by atoms with van der Waals surface area (Å²) in [6.45, 7) is 1.63. The van der Waals surface area contributed by atoms with Gasteiger partial charge in [-0.15, -0.1) is 0 Å². The molecule has 0 aliphatic rings. The molecule has 2 rings (SSSR count). The number of primary amides is 1. The fourth-order valence-corrected chi connectivity index (χ4v) is 1.88. The molecule has 2 amide bonds. The van der Waals surface area contributed by atoms with Crippen molar-refractivity contribution in [2.24, 2.45) is 5.73 Å². The Bertz CT molecular complexity index is 737. The van der Waals surface area contributed by atoms with Crippen LogP contribution in [0.3, 0.4) is 0 Å². The summed E-state index contributed by atoms with van der Waals surface area (Å²) in [7, 11) is 0. The fraction of sp³-hybridized carbons (Fsp3) is 0.133. The lowest BCUT2D eigenvalue weighted by Crippen LogP contribution is -2.44. The number of rotatable bonds is 5. The number of nitrogens with two attached hydrogens (primary N) is 1. The molecular weight excluding hydrogens is 284 g/mol. The third-order valence-electron chi connectivity index (χ3n) is 3.06. The highest BCUT2D eigenvalue weighted by molar-refractivity contribution is 5.97. The molecule has 22 heavy (non-hydrogen) atoms. The van der Waals surface area contributed by atoms with Gasteiger partial charge in [-0.05, 0) is 30.7 Å². The van der Waals surface area contributed by atoms with Crippen molar-refractivity contribution in [3.63, 3.8) is 0 Å². The van der Waals surface area contributed by atoms with E-state index in [4.69, 9.17) is 5.73 Å². The lowest BCUT2D eigenvalue weighted by molar-refractivity contribution is -0.119. The molecule has 0 aliphatic carbocycles. The van der Waals surface area contributed by atoms with Crippen molar-refractivity contribution >= 4 is 11.8 Å². The maximum Gasteiger partial charge on any atom is 0.273 e. The molecule has 1 atom stereocenters. The van der Waals surface area contributed by atoms with Crippen LogP contribution in [0.25, 0.3) is 5.69 Å². The van der Waals surface area contributed by atoms with E-state index in [-0.39, 0.29) is 5.56 Å². The molecule has 1 unspecified atom stereocenters. The second-order valence-corrected chi connectivity index (χ2v) is 4.52. The molecule has 1 radical (unpaired) electrons. The van der Waals surface area contributed by atoms with Crippen LogP contribution in [0.1, 0.15) is 17.3 Å². The Labute approximate surface area is 126 Å². The standard InChI is InChI=1S/C15H15N4O3/c1-2-12(14(16)21)18-15(22)10-3-5-11(6-4-10)19-8-7-17-9-13(19)20/h2-9,12H,1H3,(H2,16,21)(H,18,22). The van der Waals surface area contributed by atoms with Crippen molar-refractivity contribution in [2.75, 3.05) is 0 Å². The van der Waals surface area contributed by atoms with Crippen molar-refractivity contribution in [3.05, 3.63) is 65.2 Å². The van der Waals surface area contributed by atoms with Crippen LogP contribution in [0.4, 0.5) is 0 Å². The fourth-order valence-electron chi connectivity index (χ4n) is 1.88. The second kappa shape index (κ2) is 6.66. The van der Waals surface area contributed by atoms with Gasteiger partial charge in [-0.3, -0.25) is 23.9 Å². The Morgan fingerprint density at radius 3 is 2.55 bits per heavy atom. The molecule has 1 heterocycles. The van der Waals surface area contributed by atoms with Crippen LogP contribution < -0.4 is 16.6 Å². The van der Waals surface area contributed by atoms with Crippen molar-refractivity contribution in [1.29, 1.82) is 0 Å². The van der Waals surface area contributed by atoms with Gasteiger partial charge in [0.1, 0.15) is 6.04 Å². The molecule has 0 fully saturated rings. The summed E-state index contributed by atoms with van der Waals surface area (Å²) in [6, 6.07) is 5.56. The lowest BCUT2D eigenvalue weighted by Gasteiger charge is -2.13. The number of hydrogen-bond donors (Lipinski definition) is 2. The van der Waals surface area contributed by atoms with Gasteiger partial charge in [0.05, 0.1) is 6.20 Å². The Morgan fingerprint density at radius 1 is 1.32 bits per heavy atom. The highest BCUT2D eigenvalue weighted by Gasteiger charge is 2.16.